The summed E-state index contributed by atoms with van der Waals surface area (Å²) in [6, 6.07) is 4.04. The molecule has 1 aromatic rings. The van der Waals surface area contributed by atoms with Gasteiger partial charge >= 0.3 is 5.97 Å². The predicted molar refractivity (Wildman–Crippen MR) is 67.4 cm³/mol. The van der Waals surface area contributed by atoms with Crippen LogP contribution < -0.4 is 4.74 Å². The van der Waals surface area contributed by atoms with Crippen LogP contribution in [0.3, 0.4) is 0 Å². The molecule has 0 atom stereocenters. The van der Waals surface area contributed by atoms with Crippen LogP contribution in [0.5, 0.6) is 5.75 Å². The minimum Gasteiger partial charge on any atom is -0.493 e. The lowest BCUT2D eigenvalue weighted by atomic mass is 10.0. The van der Waals surface area contributed by atoms with Crippen LogP contribution in [0.2, 0.25) is 0 Å². The van der Waals surface area contributed by atoms with Crippen molar-refractivity contribution in [2.75, 3.05) is 13.2 Å². The largest absolute Gasteiger partial charge is 0.493 e. The second kappa shape index (κ2) is 6.28. The average Bonchev–Trinajstić information content (AvgIpc) is 2.23. The fraction of sp³-hybridized carbons (Fsp3) is 0.500. The van der Waals surface area contributed by atoms with Gasteiger partial charge in [0.05, 0.1) is 19.6 Å². The minimum atomic E-state index is -0.210. The maximum Gasteiger partial charge on any atom is 0.310 e. The van der Waals surface area contributed by atoms with Gasteiger partial charge in [0.25, 0.3) is 0 Å². The van der Waals surface area contributed by atoms with Gasteiger partial charge in [-0.3, -0.25) is 4.79 Å². The Morgan fingerprint density at radius 3 is 2.47 bits per heavy atom. The highest BCUT2D eigenvalue weighted by Crippen LogP contribution is 2.26. The molecule has 0 bridgehead atoms. The van der Waals surface area contributed by atoms with Crippen LogP contribution in [0.1, 0.15) is 30.5 Å². The smallest absolute Gasteiger partial charge is 0.310 e. The molecule has 0 aliphatic carbocycles. The molecule has 0 saturated carbocycles. The van der Waals surface area contributed by atoms with Crippen molar-refractivity contribution >= 4 is 5.97 Å². The number of carbonyl (C=O) groups is 1. The molecule has 0 N–H and O–H groups in total. The zero-order valence-corrected chi connectivity index (χ0v) is 11.0. The molecular weight excluding hydrogens is 216 g/mol. The number of carbonyl (C=O) groups excluding carboxylic acids is 1. The SMILES string of the molecule is CCOC(=O)Cc1cc(C)cc(C)c1OCC. The van der Waals surface area contributed by atoms with Crippen LogP contribution in [-0.4, -0.2) is 19.2 Å². The van der Waals surface area contributed by atoms with Gasteiger partial charge in [-0.1, -0.05) is 17.7 Å². The van der Waals surface area contributed by atoms with Crippen LogP contribution in [0, 0.1) is 13.8 Å². The lowest BCUT2D eigenvalue weighted by Gasteiger charge is -2.13. The Morgan fingerprint density at radius 1 is 1.18 bits per heavy atom. The van der Waals surface area contributed by atoms with Gasteiger partial charge in [0.2, 0.25) is 0 Å². The molecule has 0 aromatic heterocycles. The zero-order chi connectivity index (χ0) is 12.8. The standard InChI is InChI=1S/C14H20O3/c1-5-16-13(15)9-12-8-10(3)7-11(4)14(12)17-6-2/h7-8H,5-6,9H2,1-4H3. The molecule has 0 fully saturated rings. The summed E-state index contributed by atoms with van der Waals surface area (Å²) < 4.78 is 10.6. The average molecular weight is 236 g/mol. The summed E-state index contributed by atoms with van der Waals surface area (Å²) in [5.41, 5.74) is 3.10. The maximum atomic E-state index is 11.5. The van der Waals surface area contributed by atoms with Crippen molar-refractivity contribution in [3.8, 4) is 5.75 Å². The summed E-state index contributed by atoms with van der Waals surface area (Å²) in [5, 5.41) is 0. The van der Waals surface area contributed by atoms with E-state index >= 15 is 0 Å². The summed E-state index contributed by atoms with van der Waals surface area (Å²) in [7, 11) is 0. The highest BCUT2D eigenvalue weighted by Gasteiger charge is 2.12. The van der Waals surface area contributed by atoms with Gasteiger partial charge in [-0.05, 0) is 33.3 Å². The lowest BCUT2D eigenvalue weighted by molar-refractivity contribution is -0.142. The fourth-order valence-corrected chi connectivity index (χ4v) is 1.89. The number of rotatable bonds is 5. The highest BCUT2D eigenvalue weighted by molar-refractivity contribution is 5.74. The van der Waals surface area contributed by atoms with Gasteiger partial charge in [-0.15, -0.1) is 0 Å². The molecule has 94 valence electrons. The minimum absolute atomic E-state index is 0.210. The van der Waals surface area contributed by atoms with Gasteiger partial charge in [0, 0.05) is 5.56 Å². The first kappa shape index (κ1) is 13.6. The zero-order valence-electron chi connectivity index (χ0n) is 11.0. The number of hydrogen-bond donors (Lipinski definition) is 0. The van der Waals surface area contributed by atoms with Crippen molar-refractivity contribution in [3.05, 3.63) is 28.8 Å². The summed E-state index contributed by atoms with van der Waals surface area (Å²) in [6.45, 7) is 8.76. The summed E-state index contributed by atoms with van der Waals surface area (Å²) >= 11 is 0. The number of hydrogen-bond acceptors (Lipinski definition) is 3. The van der Waals surface area contributed by atoms with Crippen molar-refractivity contribution in [1.29, 1.82) is 0 Å². The van der Waals surface area contributed by atoms with Crippen molar-refractivity contribution in [2.45, 2.75) is 34.1 Å². The molecule has 0 aliphatic heterocycles. The first-order valence-electron chi connectivity index (χ1n) is 5.97. The molecule has 0 heterocycles. The third-order valence-corrected chi connectivity index (χ3v) is 2.42. The van der Waals surface area contributed by atoms with Gasteiger partial charge < -0.3 is 9.47 Å². The Hall–Kier alpha value is -1.51. The second-order valence-electron chi connectivity index (χ2n) is 3.98. The third kappa shape index (κ3) is 3.77. The summed E-state index contributed by atoms with van der Waals surface area (Å²) in [5.74, 6) is 0.601. The summed E-state index contributed by atoms with van der Waals surface area (Å²) in [4.78, 5) is 11.5. The van der Waals surface area contributed by atoms with E-state index in [4.69, 9.17) is 9.47 Å². The van der Waals surface area contributed by atoms with E-state index in [1.54, 1.807) is 0 Å². The monoisotopic (exact) mass is 236 g/mol. The highest BCUT2D eigenvalue weighted by atomic mass is 16.5. The first-order chi connectivity index (χ1) is 8.08. The van der Waals surface area contributed by atoms with Crippen LogP contribution in [0.25, 0.3) is 0 Å². The quantitative estimate of drug-likeness (QED) is 0.737. The predicted octanol–water partition coefficient (Wildman–Crippen LogP) is 2.81. The van der Waals surface area contributed by atoms with Crippen LogP contribution >= 0.6 is 0 Å². The van der Waals surface area contributed by atoms with E-state index < -0.39 is 0 Å². The summed E-state index contributed by atoms with van der Waals surface area (Å²) in [6.07, 6.45) is 0.270. The second-order valence-corrected chi connectivity index (χ2v) is 3.98. The number of benzene rings is 1. The van der Waals surface area contributed by atoms with E-state index in [1.165, 1.54) is 0 Å². The molecule has 0 amide bonds. The van der Waals surface area contributed by atoms with E-state index in [1.807, 2.05) is 33.8 Å². The van der Waals surface area contributed by atoms with Crippen LogP contribution in [-0.2, 0) is 16.0 Å². The van der Waals surface area contributed by atoms with Crippen LogP contribution in [0.15, 0.2) is 12.1 Å². The van der Waals surface area contributed by atoms with E-state index in [0.717, 1.165) is 22.4 Å². The van der Waals surface area contributed by atoms with E-state index in [9.17, 15) is 4.79 Å². The molecule has 1 aromatic carbocycles. The Bertz CT molecular complexity index is 397. The Labute approximate surface area is 103 Å². The lowest BCUT2D eigenvalue weighted by Crippen LogP contribution is -2.10. The molecular formula is C14H20O3. The molecule has 1 rings (SSSR count). The van der Waals surface area contributed by atoms with E-state index in [-0.39, 0.29) is 12.4 Å². The Kier molecular flexibility index (Phi) is 5.01. The van der Waals surface area contributed by atoms with Gasteiger partial charge in [-0.2, -0.15) is 0 Å². The molecule has 0 radical (unpaired) electrons. The van der Waals surface area contributed by atoms with Crippen molar-refractivity contribution in [2.24, 2.45) is 0 Å². The number of aryl methyl sites for hydroxylation is 2. The van der Waals surface area contributed by atoms with Gasteiger partial charge in [0.1, 0.15) is 5.75 Å². The molecule has 3 nitrogen and oxygen atoms in total. The third-order valence-electron chi connectivity index (χ3n) is 2.42. The number of ether oxygens (including phenoxy) is 2. The van der Waals surface area contributed by atoms with Crippen molar-refractivity contribution < 1.29 is 14.3 Å². The molecule has 0 aliphatic rings. The molecule has 0 unspecified atom stereocenters. The Balaban J connectivity index is 2.98. The molecule has 0 saturated heterocycles. The van der Waals surface area contributed by atoms with Gasteiger partial charge in [-0.25, -0.2) is 0 Å². The maximum absolute atomic E-state index is 11.5. The fourth-order valence-electron chi connectivity index (χ4n) is 1.89. The van der Waals surface area contributed by atoms with E-state index in [2.05, 4.69) is 6.07 Å². The molecule has 3 heteroatoms. The van der Waals surface area contributed by atoms with Crippen molar-refractivity contribution in [3.63, 3.8) is 0 Å². The first-order valence-corrected chi connectivity index (χ1v) is 5.97. The Morgan fingerprint density at radius 2 is 1.88 bits per heavy atom. The normalized spacial score (nSPS) is 10.1. The molecule has 0 spiro atoms. The number of esters is 1. The molecule has 17 heavy (non-hydrogen) atoms. The van der Waals surface area contributed by atoms with Crippen LogP contribution in [0.4, 0.5) is 0 Å². The van der Waals surface area contributed by atoms with Crippen molar-refractivity contribution in [1.82, 2.24) is 0 Å². The topological polar surface area (TPSA) is 35.5 Å². The van der Waals surface area contributed by atoms with Gasteiger partial charge in [0.15, 0.2) is 0 Å². The van der Waals surface area contributed by atoms with E-state index in [0.29, 0.717) is 13.2 Å².